The Hall–Kier alpha value is -2.35. The molecule has 0 N–H and O–H groups in total. The highest BCUT2D eigenvalue weighted by Gasteiger charge is 2.10. The fourth-order valence-corrected chi connectivity index (χ4v) is 2.08. The molecule has 2 aromatic heterocycles. The molecule has 112 valence electrons. The van der Waals surface area contributed by atoms with Crippen molar-refractivity contribution in [1.82, 2.24) is 20.0 Å². The van der Waals surface area contributed by atoms with Crippen LogP contribution in [0.5, 0.6) is 5.88 Å². The van der Waals surface area contributed by atoms with Gasteiger partial charge >= 0.3 is 0 Å². The monoisotopic (exact) mass is 366 g/mol. The van der Waals surface area contributed by atoms with Crippen LogP contribution in [0.2, 0.25) is 0 Å². The molecule has 0 amide bonds. The second kappa shape index (κ2) is 6.18. The summed E-state index contributed by atoms with van der Waals surface area (Å²) in [5.41, 5.74) is 0.815. The summed E-state index contributed by atoms with van der Waals surface area (Å²) in [5, 5.41) is 7.43. The number of hydrogen-bond donors (Lipinski definition) is 0. The highest BCUT2D eigenvalue weighted by Crippen LogP contribution is 2.20. The Kier molecular flexibility index (Phi) is 4.10. The summed E-state index contributed by atoms with van der Waals surface area (Å²) < 4.78 is 34.7. The first kappa shape index (κ1) is 14.6. The number of rotatable bonds is 4. The summed E-state index contributed by atoms with van der Waals surface area (Å²) in [7, 11) is 0. The predicted octanol–water partition coefficient (Wildman–Crippen LogP) is 3.28. The SMILES string of the molecule is Fc1cc(-n2ccnn2)ccc1COc1nc(Br)ccc1F. The van der Waals surface area contributed by atoms with Crippen LogP contribution >= 0.6 is 15.9 Å². The van der Waals surface area contributed by atoms with Crippen LogP contribution in [0.25, 0.3) is 5.69 Å². The minimum Gasteiger partial charge on any atom is -0.471 e. The van der Waals surface area contributed by atoms with Crippen molar-refractivity contribution >= 4 is 15.9 Å². The normalized spacial score (nSPS) is 10.7. The Balaban J connectivity index is 1.77. The fourth-order valence-electron chi connectivity index (χ4n) is 1.79. The zero-order valence-corrected chi connectivity index (χ0v) is 12.7. The van der Waals surface area contributed by atoms with E-state index in [0.29, 0.717) is 10.3 Å². The van der Waals surface area contributed by atoms with Gasteiger partial charge in [0.05, 0.1) is 18.1 Å². The molecule has 2 heterocycles. The topological polar surface area (TPSA) is 52.8 Å². The van der Waals surface area contributed by atoms with Gasteiger partial charge in [0, 0.05) is 11.6 Å². The van der Waals surface area contributed by atoms with Gasteiger partial charge in [-0.1, -0.05) is 11.3 Å². The van der Waals surface area contributed by atoms with Crippen molar-refractivity contribution in [1.29, 1.82) is 0 Å². The number of hydrogen-bond acceptors (Lipinski definition) is 4. The molecule has 0 atom stereocenters. The summed E-state index contributed by atoms with van der Waals surface area (Å²) in [4.78, 5) is 3.85. The summed E-state index contributed by atoms with van der Waals surface area (Å²) in [6.07, 6.45) is 3.10. The largest absolute Gasteiger partial charge is 0.471 e. The first-order valence-electron chi connectivity index (χ1n) is 6.23. The van der Waals surface area contributed by atoms with Crippen LogP contribution in [-0.2, 0) is 6.61 Å². The van der Waals surface area contributed by atoms with Crippen molar-refractivity contribution < 1.29 is 13.5 Å². The molecule has 3 rings (SSSR count). The van der Waals surface area contributed by atoms with E-state index in [0.717, 1.165) is 0 Å². The third kappa shape index (κ3) is 3.11. The molecule has 0 aliphatic carbocycles. The summed E-state index contributed by atoms with van der Waals surface area (Å²) in [6.45, 7) is -0.135. The highest BCUT2D eigenvalue weighted by atomic mass is 79.9. The minimum absolute atomic E-state index is 0.135. The van der Waals surface area contributed by atoms with Crippen LogP contribution in [-0.4, -0.2) is 20.0 Å². The van der Waals surface area contributed by atoms with Crippen molar-refractivity contribution in [3.05, 3.63) is 64.5 Å². The van der Waals surface area contributed by atoms with Gasteiger partial charge in [0.15, 0.2) is 5.82 Å². The predicted molar refractivity (Wildman–Crippen MR) is 77.5 cm³/mol. The van der Waals surface area contributed by atoms with Gasteiger partial charge in [0.2, 0.25) is 0 Å². The molecule has 8 heteroatoms. The number of halogens is 3. The lowest BCUT2D eigenvalue weighted by molar-refractivity contribution is 0.271. The maximum absolute atomic E-state index is 14.1. The van der Waals surface area contributed by atoms with Gasteiger partial charge in [0.25, 0.3) is 5.88 Å². The fraction of sp³-hybridized carbons (Fsp3) is 0.0714. The summed E-state index contributed by atoms with van der Waals surface area (Å²) >= 11 is 3.12. The van der Waals surface area contributed by atoms with Crippen molar-refractivity contribution in [2.75, 3.05) is 0 Å². The molecule has 0 unspecified atom stereocenters. The van der Waals surface area contributed by atoms with Gasteiger partial charge < -0.3 is 4.74 Å². The van der Waals surface area contributed by atoms with Crippen molar-refractivity contribution in [2.24, 2.45) is 0 Å². The molecule has 0 spiro atoms. The maximum atomic E-state index is 14.1. The van der Waals surface area contributed by atoms with E-state index in [2.05, 4.69) is 31.2 Å². The van der Waals surface area contributed by atoms with Gasteiger partial charge in [-0.3, -0.25) is 0 Å². The van der Waals surface area contributed by atoms with Gasteiger partial charge in [-0.25, -0.2) is 18.4 Å². The molecule has 3 aromatic rings. The second-order valence-corrected chi connectivity index (χ2v) is 5.15. The van der Waals surface area contributed by atoms with Crippen LogP contribution in [0.3, 0.4) is 0 Å². The van der Waals surface area contributed by atoms with E-state index in [1.165, 1.54) is 29.1 Å². The van der Waals surface area contributed by atoms with Gasteiger partial charge in [-0.15, -0.1) is 5.10 Å². The molecule has 5 nitrogen and oxygen atoms in total. The molecule has 0 aliphatic heterocycles. The first-order chi connectivity index (χ1) is 10.6. The second-order valence-electron chi connectivity index (χ2n) is 4.33. The number of pyridine rings is 1. The third-order valence-electron chi connectivity index (χ3n) is 2.87. The van der Waals surface area contributed by atoms with Gasteiger partial charge in [-0.2, -0.15) is 0 Å². The van der Waals surface area contributed by atoms with Crippen LogP contribution in [0.15, 0.2) is 47.3 Å². The highest BCUT2D eigenvalue weighted by molar-refractivity contribution is 9.10. The third-order valence-corrected chi connectivity index (χ3v) is 3.31. The molecule has 0 fully saturated rings. The van der Waals surface area contributed by atoms with Crippen molar-refractivity contribution in [3.8, 4) is 11.6 Å². The van der Waals surface area contributed by atoms with Crippen molar-refractivity contribution in [3.63, 3.8) is 0 Å². The van der Waals surface area contributed by atoms with E-state index in [1.54, 1.807) is 18.3 Å². The lowest BCUT2D eigenvalue weighted by Crippen LogP contribution is -2.03. The van der Waals surface area contributed by atoms with E-state index in [1.807, 2.05) is 0 Å². The zero-order valence-electron chi connectivity index (χ0n) is 11.1. The van der Waals surface area contributed by atoms with Gasteiger partial charge in [0.1, 0.15) is 17.0 Å². The maximum Gasteiger partial charge on any atom is 0.251 e. The zero-order chi connectivity index (χ0) is 15.5. The van der Waals surface area contributed by atoms with E-state index in [-0.39, 0.29) is 18.1 Å². The minimum atomic E-state index is -0.608. The number of nitrogens with zero attached hydrogens (tertiary/aromatic N) is 4. The number of ether oxygens (including phenoxy) is 1. The van der Waals surface area contributed by atoms with Crippen LogP contribution in [0.1, 0.15) is 5.56 Å². The Morgan fingerprint density at radius 1 is 1.14 bits per heavy atom. The van der Waals surface area contributed by atoms with Crippen LogP contribution in [0.4, 0.5) is 8.78 Å². The van der Waals surface area contributed by atoms with Crippen LogP contribution < -0.4 is 4.74 Å². The molecular formula is C14H9BrF2N4O. The number of aromatic nitrogens is 4. The van der Waals surface area contributed by atoms with Crippen molar-refractivity contribution in [2.45, 2.75) is 6.61 Å². The molecule has 0 saturated heterocycles. The van der Waals surface area contributed by atoms with E-state index >= 15 is 0 Å². The molecular weight excluding hydrogens is 358 g/mol. The van der Waals surface area contributed by atoms with Crippen LogP contribution in [0, 0.1) is 11.6 Å². The standard InChI is InChI=1S/C14H9BrF2N4O/c15-13-4-3-11(16)14(19-13)22-8-9-1-2-10(7-12(9)17)21-6-5-18-20-21/h1-7H,8H2. The average molecular weight is 367 g/mol. The Labute approximate surface area is 132 Å². The molecule has 1 aromatic carbocycles. The Bertz CT molecular complexity index is 796. The number of benzene rings is 1. The Morgan fingerprint density at radius 2 is 2.00 bits per heavy atom. The smallest absolute Gasteiger partial charge is 0.251 e. The lowest BCUT2D eigenvalue weighted by Gasteiger charge is -2.08. The Morgan fingerprint density at radius 3 is 2.73 bits per heavy atom. The molecule has 22 heavy (non-hydrogen) atoms. The summed E-state index contributed by atoms with van der Waals surface area (Å²) in [6, 6.07) is 7.19. The molecule has 0 aliphatic rings. The first-order valence-corrected chi connectivity index (χ1v) is 7.03. The van der Waals surface area contributed by atoms with E-state index < -0.39 is 11.6 Å². The van der Waals surface area contributed by atoms with E-state index in [4.69, 9.17) is 4.74 Å². The average Bonchev–Trinajstić information content (AvgIpc) is 3.03. The molecule has 0 bridgehead atoms. The van der Waals surface area contributed by atoms with E-state index in [9.17, 15) is 8.78 Å². The molecule has 0 saturated carbocycles. The van der Waals surface area contributed by atoms with Gasteiger partial charge in [-0.05, 0) is 34.1 Å². The quantitative estimate of drug-likeness (QED) is 0.665. The summed E-state index contributed by atoms with van der Waals surface area (Å²) in [5.74, 6) is -1.28. The lowest BCUT2D eigenvalue weighted by atomic mass is 10.2. The molecule has 0 radical (unpaired) electrons.